The fraction of sp³-hybridized carbons (Fsp3) is 0.462. The molecule has 0 aromatic carbocycles. The van der Waals surface area contributed by atoms with Gasteiger partial charge in [0, 0.05) is 20.6 Å². The summed E-state index contributed by atoms with van der Waals surface area (Å²) in [5.74, 6) is 5.23. The molecule has 21 heavy (non-hydrogen) atoms. The van der Waals surface area contributed by atoms with Crippen LogP contribution in [0.2, 0.25) is 0 Å². The number of carbonyl (C=O) groups excluding carboxylic acids is 1. The number of sulfonamides is 1. The second kappa shape index (κ2) is 7.56. The van der Waals surface area contributed by atoms with Gasteiger partial charge in [0.05, 0.1) is 22.1 Å². The maximum atomic E-state index is 12.0. The van der Waals surface area contributed by atoms with Crippen molar-refractivity contribution < 1.29 is 13.2 Å². The first-order valence-corrected chi connectivity index (χ1v) is 8.68. The monoisotopic (exact) mass is 329 g/mol. The molecule has 1 aromatic rings. The van der Waals surface area contributed by atoms with Crippen molar-refractivity contribution in [1.82, 2.24) is 9.62 Å². The summed E-state index contributed by atoms with van der Waals surface area (Å²) in [5.41, 5.74) is 6.22. The number of aryl methyl sites for hydroxylation is 1. The molecule has 0 saturated heterocycles. The minimum Gasteiger partial charge on any atom is -0.350 e. The number of amides is 1. The van der Waals surface area contributed by atoms with Crippen LogP contribution in [0, 0.1) is 18.8 Å². The van der Waals surface area contributed by atoms with Gasteiger partial charge < -0.3 is 11.1 Å². The molecule has 6 nitrogen and oxygen atoms in total. The van der Waals surface area contributed by atoms with Crippen molar-refractivity contribution in [2.45, 2.75) is 6.92 Å². The van der Waals surface area contributed by atoms with E-state index in [1.54, 1.807) is 6.07 Å². The van der Waals surface area contributed by atoms with Crippen LogP contribution in [0.4, 0.5) is 0 Å². The summed E-state index contributed by atoms with van der Waals surface area (Å²) < 4.78 is 24.3. The Labute approximate surface area is 129 Å². The summed E-state index contributed by atoms with van der Waals surface area (Å²) >= 11 is 1.27. The Morgan fingerprint density at radius 2 is 2.14 bits per heavy atom. The first-order chi connectivity index (χ1) is 9.77. The second-order valence-corrected chi connectivity index (χ2v) is 7.84. The van der Waals surface area contributed by atoms with Crippen molar-refractivity contribution >= 4 is 27.3 Å². The standard InChI is InChI=1S/C13H19N3O3S2/c1-10-9-12(20-11(10)5-4-6-14)13(17)15-7-8-21(18,19)16(2)3/h9H,6-8,14H2,1-3H3,(H,15,17). The Hall–Kier alpha value is -1.40. The van der Waals surface area contributed by atoms with E-state index >= 15 is 0 Å². The van der Waals surface area contributed by atoms with E-state index in [2.05, 4.69) is 17.2 Å². The quantitative estimate of drug-likeness (QED) is 0.743. The Bertz CT molecular complexity index is 667. The molecule has 0 aliphatic heterocycles. The predicted molar refractivity (Wildman–Crippen MR) is 84.8 cm³/mol. The highest BCUT2D eigenvalue weighted by Gasteiger charge is 2.15. The van der Waals surface area contributed by atoms with Crippen molar-refractivity contribution in [3.05, 3.63) is 21.4 Å². The topological polar surface area (TPSA) is 92.5 Å². The molecule has 1 heterocycles. The van der Waals surface area contributed by atoms with Gasteiger partial charge in [-0.25, -0.2) is 12.7 Å². The number of nitrogens with one attached hydrogen (secondary N) is 1. The lowest BCUT2D eigenvalue weighted by molar-refractivity contribution is 0.0960. The van der Waals surface area contributed by atoms with Gasteiger partial charge >= 0.3 is 0 Å². The normalized spacial score (nSPS) is 11.1. The van der Waals surface area contributed by atoms with Gasteiger partial charge in [0.25, 0.3) is 5.91 Å². The zero-order chi connectivity index (χ0) is 16.0. The largest absolute Gasteiger partial charge is 0.350 e. The fourth-order valence-corrected chi connectivity index (χ4v) is 3.10. The van der Waals surface area contributed by atoms with Crippen molar-refractivity contribution in [2.24, 2.45) is 5.73 Å². The second-order valence-electron chi connectivity index (χ2n) is 4.48. The average molecular weight is 329 g/mol. The Kier molecular flexibility index (Phi) is 6.36. The average Bonchev–Trinajstić information content (AvgIpc) is 2.77. The summed E-state index contributed by atoms with van der Waals surface area (Å²) in [6.45, 7) is 2.20. The third-order valence-corrected chi connectivity index (χ3v) is 5.63. The predicted octanol–water partition coefficient (Wildman–Crippen LogP) is -0.0121. The zero-order valence-corrected chi connectivity index (χ0v) is 13.9. The number of hydrogen-bond acceptors (Lipinski definition) is 5. The van der Waals surface area contributed by atoms with E-state index in [0.29, 0.717) is 4.88 Å². The smallest absolute Gasteiger partial charge is 0.261 e. The summed E-state index contributed by atoms with van der Waals surface area (Å²) in [4.78, 5) is 13.3. The SMILES string of the molecule is Cc1cc(C(=O)NCCS(=O)(=O)N(C)C)sc1C#CCN. The van der Waals surface area contributed by atoms with Gasteiger partial charge in [-0.2, -0.15) is 0 Å². The van der Waals surface area contributed by atoms with E-state index in [1.165, 1.54) is 25.4 Å². The van der Waals surface area contributed by atoms with Crippen LogP contribution >= 0.6 is 11.3 Å². The van der Waals surface area contributed by atoms with Crippen LogP contribution in [0.5, 0.6) is 0 Å². The summed E-state index contributed by atoms with van der Waals surface area (Å²) in [6, 6.07) is 1.74. The summed E-state index contributed by atoms with van der Waals surface area (Å²) in [5, 5.41) is 2.60. The molecule has 0 radical (unpaired) electrons. The third-order valence-electron chi connectivity index (χ3n) is 2.65. The molecular formula is C13H19N3O3S2. The van der Waals surface area contributed by atoms with Crippen molar-refractivity contribution in [2.75, 3.05) is 32.9 Å². The first-order valence-electron chi connectivity index (χ1n) is 6.25. The van der Waals surface area contributed by atoms with Gasteiger partial charge in [0.1, 0.15) is 0 Å². The highest BCUT2D eigenvalue weighted by atomic mass is 32.2. The molecule has 8 heteroatoms. The van der Waals surface area contributed by atoms with E-state index in [4.69, 9.17) is 5.73 Å². The molecule has 3 N–H and O–H groups in total. The van der Waals surface area contributed by atoms with E-state index in [-0.39, 0.29) is 24.7 Å². The molecule has 0 aliphatic rings. The number of thiophene rings is 1. The van der Waals surface area contributed by atoms with Crippen LogP contribution in [0.3, 0.4) is 0 Å². The summed E-state index contributed by atoms with van der Waals surface area (Å²) in [6.07, 6.45) is 0. The molecule has 0 spiro atoms. The molecule has 1 amide bonds. The lowest BCUT2D eigenvalue weighted by atomic mass is 10.2. The van der Waals surface area contributed by atoms with Crippen molar-refractivity contribution in [1.29, 1.82) is 0 Å². The minimum atomic E-state index is -3.31. The third kappa shape index (κ3) is 5.13. The van der Waals surface area contributed by atoms with Crippen LogP contribution in [0.25, 0.3) is 0 Å². The van der Waals surface area contributed by atoms with Crippen molar-refractivity contribution in [3.63, 3.8) is 0 Å². The van der Waals surface area contributed by atoms with E-state index < -0.39 is 10.0 Å². The molecule has 0 fully saturated rings. The van der Waals surface area contributed by atoms with Gasteiger partial charge in [0.2, 0.25) is 10.0 Å². The first kappa shape index (κ1) is 17.7. The van der Waals surface area contributed by atoms with Crippen LogP contribution in [0.1, 0.15) is 20.1 Å². The molecule has 116 valence electrons. The van der Waals surface area contributed by atoms with Gasteiger partial charge in [-0.15, -0.1) is 11.3 Å². The lowest BCUT2D eigenvalue weighted by Crippen LogP contribution is -2.33. The van der Waals surface area contributed by atoms with Crippen LogP contribution in [-0.2, 0) is 10.0 Å². The zero-order valence-electron chi connectivity index (χ0n) is 12.3. The van der Waals surface area contributed by atoms with E-state index in [0.717, 1.165) is 14.7 Å². The van der Waals surface area contributed by atoms with Gasteiger partial charge in [-0.3, -0.25) is 4.79 Å². The number of nitrogens with zero attached hydrogens (tertiary/aromatic N) is 1. The lowest BCUT2D eigenvalue weighted by Gasteiger charge is -2.11. The summed E-state index contributed by atoms with van der Waals surface area (Å²) in [7, 11) is -0.384. The van der Waals surface area contributed by atoms with Gasteiger partial charge in [0.15, 0.2) is 0 Å². The van der Waals surface area contributed by atoms with Crippen LogP contribution < -0.4 is 11.1 Å². The maximum Gasteiger partial charge on any atom is 0.261 e. The fourth-order valence-electron chi connectivity index (χ4n) is 1.41. The maximum absolute atomic E-state index is 12.0. The van der Waals surface area contributed by atoms with Crippen molar-refractivity contribution in [3.8, 4) is 11.8 Å². The van der Waals surface area contributed by atoms with E-state index in [9.17, 15) is 13.2 Å². The van der Waals surface area contributed by atoms with Crippen LogP contribution in [-0.4, -0.2) is 51.6 Å². The molecule has 0 atom stereocenters. The Morgan fingerprint density at radius 3 is 2.71 bits per heavy atom. The molecule has 0 saturated carbocycles. The Balaban J connectivity index is 2.65. The van der Waals surface area contributed by atoms with Crippen LogP contribution in [0.15, 0.2) is 6.07 Å². The molecular weight excluding hydrogens is 310 g/mol. The number of nitrogens with two attached hydrogens (primary N) is 1. The molecule has 0 unspecified atom stereocenters. The van der Waals surface area contributed by atoms with Gasteiger partial charge in [-0.05, 0) is 18.6 Å². The van der Waals surface area contributed by atoms with Gasteiger partial charge in [-0.1, -0.05) is 11.8 Å². The number of rotatable bonds is 5. The van der Waals surface area contributed by atoms with E-state index in [1.807, 2.05) is 6.92 Å². The minimum absolute atomic E-state index is 0.0695. The number of hydrogen-bond donors (Lipinski definition) is 2. The molecule has 0 aliphatic carbocycles. The molecule has 1 aromatic heterocycles. The Morgan fingerprint density at radius 1 is 1.48 bits per heavy atom. The number of carbonyl (C=O) groups is 1. The highest BCUT2D eigenvalue weighted by Crippen LogP contribution is 2.20. The molecule has 1 rings (SSSR count). The molecule has 0 bridgehead atoms. The highest BCUT2D eigenvalue weighted by molar-refractivity contribution is 7.89.